The van der Waals surface area contributed by atoms with E-state index in [9.17, 15) is 14.7 Å². The number of fused-ring (bicyclic) bond motifs is 3. The van der Waals surface area contributed by atoms with E-state index in [0.717, 1.165) is 23.4 Å². The molecule has 0 fully saturated rings. The maximum absolute atomic E-state index is 11.3. The fourth-order valence-corrected chi connectivity index (χ4v) is 3.11. The predicted octanol–water partition coefficient (Wildman–Crippen LogP) is 0.849. The fraction of sp³-hybridized carbons (Fsp3) is 0.333. The van der Waals surface area contributed by atoms with Gasteiger partial charge in [-0.25, -0.2) is 0 Å². The van der Waals surface area contributed by atoms with Crippen LogP contribution in [0.1, 0.15) is 24.8 Å². The van der Waals surface area contributed by atoms with E-state index in [1.54, 1.807) is 12.1 Å². The third-order valence-corrected chi connectivity index (χ3v) is 3.94. The Morgan fingerprint density at radius 1 is 1.40 bits per heavy atom. The minimum atomic E-state index is -1.07. The summed E-state index contributed by atoms with van der Waals surface area (Å²) in [5.74, 6) is -1.16. The Hall–Kier alpha value is -2.30. The van der Waals surface area contributed by atoms with Gasteiger partial charge in [0, 0.05) is 24.2 Å². The summed E-state index contributed by atoms with van der Waals surface area (Å²) in [5.41, 5.74) is 2.54. The minimum Gasteiger partial charge on any atom is -0.548 e. The summed E-state index contributed by atoms with van der Waals surface area (Å²) >= 11 is 0. The van der Waals surface area contributed by atoms with Gasteiger partial charge in [-0.2, -0.15) is 0 Å². The van der Waals surface area contributed by atoms with Gasteiger partial charge in [-0.1, -0.05) is 12.2 Å². The van der Waals surface area contributed by atoms with Gasteiger partial charge in [0.25, 0.3) is 0 Å². The molecule has 1 heterocycles. The molecule has 5 nitrogen and oxygen atoms in total. The number of rotatable bonds is 2. The highest BCUT2D eigenvalue weighted by atomic mass is 16.4. The van der Waals surface area contributed by atoms with Gasteiger partial charge in [0.05, 0.1) is 12.0 Å². The van der Waals surface area contributed by atoms with Crippen molar-refractivity contribution in [1.82, 2.24) is 0 Å². The third kappa shape index (κ3) is 2.05. The molecule has 0 saturated carbocycles. The molecule has 1 aliphatic carbocycles. The number of aliphatic carboxylic acids is 1. The highest BCUT2D eigenvalue weighted by molar-refractivity contribution is 5.89. The topological polar surface area (TPSA) is 81.3 Å². The van der Waals surface area contributed by atoms with Crippen molar-refractivity contribution in [1.29, 1.82) is 0 Å². The standard InChI is InChI=1S/C15H16N2O3/c1-8(18)16-9-5-6-13-12(7-9)10-3-2-4-11(10)14(17-13)15(19)20/h2-3,5-7,10-11,14,17H,4H2,1H3,(H,16,18)(H,19,20)/p-1/t10-,11+,14+/m0/s1. The lowest BCUT2D eigenvalue weighted by Crippen LogP contribution is -2.48. The van der Waals surface area contributed by atoms with Crippen LogP contribution in [0.2, 0.25) is 0 Å². The lowest BCUT2D eigenvalue weighted by molar-refractivity contribution is -0.308. The first-order valence-electron chi connectivity index (χ1n) is 6.62. The van der Waals surface area contributed by atoms with E-state index >= 15 is 0 Å². The SMILES string of the molecule is CC(=O)Nc1ccc2c(c1)[C@H]1C=CC[C@H]1[C@H](C(=O)[O-])N2. The molecule has 1 aromatic carbocycles. The van der Waals surface area contributed by atoms with Crippen LogP contribution in [-0.2, 0) is 9.59 Å². The summed E-state index contributed by atoms with van der Waals surface area (Å²) in [6.07, 6.45) is 4.77. The van der Waals surface area contributed by atoms with E-state index in [0.29, 0.717) is 0 Å². The van der Waals surface area contributed by atoms with Crippen molar-refractivity contribution in [3.05, 3.63) is 35.9 Å². The molecule has 0 radical (unpaired) electrons. The normalized spacial score (nSPS) is 26.4. The minimum absolute atomic E-state index is 0.0277. The lowest BCUT2D eigenvalue weighted by Gasteiger charge is -2.37. The fourth-order valence-electron chi connectivity index (χ4n) is 3.11. The Morgan fingerprint density at radius 2 is 2.20 bits per heavy atom. The van der Waals surface area contributed by atoms with E-state index in [1.807, 2.05) is 18.2 Å². The van der Waals surface area contributed by atoms with E-state index in [1.165, 1.54) is 6.92 Å². The monoisotopic (exact) mass is 271 g/mol. The van der Waals surface area contributed by atoms with Crippen LogP contribution >= 0.6 is 0 Å². The van der Waals surface area contributed by atoms with Crippen molar-refractivity contribution in [3.63, 3.8) is 0 Å². The maximum Gasteiger partial charge on any atom is 0.221 e. The van der Waals surface area contributed by atoms with Crippen molar-refractivity contribution < 1.29 is 14.7 Å². The number of carboxylic acids is 1. The molecule has 1 aromatic rings. The number of carbonyl (C=O) groups excluding carboxylic acids is 2. The molecule has 1 amide bonds. The molecule has 1 aliphatic heterocycles. The number of hydrogen-bond donors (Lipinski definition) is 2. The van der Waals surface area contributed by atoms with Crippen LogP contribution in [0.15, 0.2) is 30.4 Å². The summed E-state index contributed by atoms with van der Waals surface area (Å²) in [6, 6.07) is 4.80. The van der Waals surface area contributed by atoms with Crippen molar-refractivity contribution >= 4 is 23.3 Å². The van der Waals surface area contributed by atoms with E-state index in [-0.39, 0.29) is 17.7 Å². The number of carbonyl (C=O) groups is 2. The van der Waals surface area contributed by atoms with Crippen molar-refractivity contribution in [3.8, 4) is 0 Å². The molecular formula is C15H15N2O3-. The number of benzene rings is 1. The van der Waals surface area contributed by atoms with Gasteiger partial charge in [-0.15, -0.1) is 0 Å². The summed E-state index contributed by atoms with van der Waals surface area (Å²) < 4.78 is 0. The van der Waals surface area contributed by atoms with Crippen molar-refractivity contribution in [2.75, 3.05) is 10.6 Å². The highest BCUT2D eigenvalue weighted by Crippen LogP contribution is 2.45. The quantitative estimate of drug-likeness (QED) is 0.781. The molecule has 0 saturated heterocycles. The van der Waals surface area contributed by atoms with E-state index < -0.39 is 12.0 Å². The Morgan fingerprint density at radius 3 is 2.90 bits per heavy atom. The molecule has 3 rings (SSSR count). The molecule has 0 bridgehead atoms. The first-order valence-corrected chi connectivity index (χ1v) is 6.62. The first-order chi connectivity index (χ1) is 9.56. The average Bonchev–Trinajstić information content (AvgIpc) is 2.86. The zero-order chi connectivity index (χ0) is 14.3. The molecule has 3 atom stereocenters. The summed E-state index contributed by atoms with van der Waals surface area (Å²) in [7, 11) is 0. The van der Waals surface area contributed by atoms with Crippen LogP contribution in [-0.4, -0.2) is 17.9 Å². The molecule has 20 heavy (non-hydrogen) atoms. The zero-order valence-corrected chi connectivity index (χ0v) is 11.1. The second-order valence-corrected chi connectivity index (χ2v) is 5.28. The van der Waals surface area contributed by atoms with Crippen LogP contribution in [0.3, 0.4) is 0 Å². The van der Waals surface area contributed by atoms with Gasteiger partial charge in [-0.05, 0) is 36.1 Å². The predicted molar refractivity (Wildman–Crippen MR) is 73.2 cm³/mol. The largest absolute Gasteiger partial charge is 0.548 e. The number of hydrogen-bond acceptors (Lipinski definition) is 4. The first kappa shape index (κ1) is 12.7. The van der Waals surface area contributed by atoms with Crippen LogP contribution < -0.4 is 15.7 Å². The van der Waals surface area contributed by atoms with Crippen molar-refractivity contribution in [2.45, 2.75) is 25.3 Å². The van der Waals surface area contributed by atoms with Gasteiger partial charge in [0.15, 0.2) is 0 Å². The molecular weight excluding hydrogens is 256 g/mol. The van der Waals surface area contributed by atoms with Crippen LogP contribution in [0.4, 0.5) is 11.4 Å². The van der Waals surface area contributed by atoms with Gasteiger partial charge < -0.3 is 20.5 Å². The Balaban J connectivity index is 2.00. The summed E-state index contributed by atoms with van der Waals surface area (Å²) in [5, 5.41) is 17.0. The third-order valence-electron chi connectivity index (χ3n) is 3.94. The maximum atomic E-state index is 11.3. The molecule has 0 unspecified atom stereocenters. The molecule has 2 N–H and O–H groups in total. The Bertz CT molecular complexity index is 609. The second kappa shape index (κ2) is 4.67. The van der Waals surface area contributed by atoms with Crippen molar-refractivity contribution in [2.24, 2.45) is 5.92 Å². The smallest absolute Gasteiger partial charge is 0.221 e. The van der Waals surface area contributed by atoms with E-state index in [4.69, 9.17) is 0 Å². The number of anilines is 2. The van der Waals surface area contributed by atoms with Crippen LogP contribution in [0.25, 0.3) is 0 Å². The number of nitrogens with one attached hydrogen (secondary N) is 2. The van der Waals surface area contributed by atoms with Crippen LogP contribution in [0.5, 0.6) is 0 Å². The number of carboxylic acid groups (broad SMARTS) is 1. The van der Waals surface area contributed by atoms with Gasteiger partial charge in [0.1, 0.15) is 0 Å². The second-order valence-electron chi connectivity index (χ2n) is 5.28. The summed E-state index contributed by atoms with van der Waals surface area (Å²) in [4.78, 5) is 22.4. The molecule has 104 valence electrons. The van der Waals surface area contributed by atoms with Crippen LogP contribution in [0, 0.1) is 5.92 Å². The lowest BCUT2D eigenvalue weighted by atomic mass is 9.79. The molecule has 5 heteroatoms. The highest BCUT2D eigenvalue weighted by Gasteiger charge is 2.37. The van der Waals surface area contributed by atoms with Gasteiger partial charge >= 0.3 is 0 Å². The molecule has 0 aromatic heterocycles. The Labute approximate surface area is 116 Å². The number of amides is 1. The Kier molecular flexibility index (Phi) is 2.97. The summed E-state index contributed by atoms with van der Waals surface area (Å²) in [6.45, 7) is 1.46. The zero-order valence-electron chi connectivity index (χ0n) is 11.1. The molecule has 0 spiro atoms. The van der Waals surface area contributed by atoms with Gasteiger partial charge in [-0.3, -0.25) is 4.79 Å². The molecule has 2 aliphatic rings. The number of allylic oxidation sites excluding steroid dienone is 2. The van der Waals surface area contributed by atoms with E-state index in [2.05, 4.69) is 10.6 Å². The average molecular weight is 271 g/mol. The van der Waals surface area contributed by atoms with Gasteiger partial charge in [0.2, 0.25) is 5.91 Å².